The van der Waals surface area contributed by atoms with Crippen LogP contribution in [0.5, 0.6) is 5.75 Å². The Bertz CT molecular complexity index is 894. The van der Waals surface area contributed by atoms with Gasteiger partial charge in [0.2, 0.25) is 0 Å². The molecule has 3 aromatic rings. The molecule has 1 N–H and O–H groups in total. The first-order valence-corrected chi connectivity index (χ1v) is 7.87. The van der Waals surface area contributed by atoms with Gasteiger partial charge in [-0.25, -0.2) is 9.07 Å². The highest BCUT2D eigenvalue weighted by Gasteiger charge is 2.12. The fraction of sp³-hybridized carbons (Fsp3) is 0.111. The zero-order chi connectivity index (χ0) is 17.8. The lowest BCUT2D eigenvalue weighted by molar-refractivity contribution is 0.0946. The standard InChI is InChI=1S/C18H15ClFN3O2/c1-25-15-5-3-14(4-6-15)23-9-8-13(22-23)11-21-18(24)16-10-12(19)2-7-17(16)20/h2-10H,11H2,1H3,(H,21,24). The summed E-state index contributed by atoms with van der Waals surface area (Å²) in [5, 5.41) is 7.32. The van der Waals surface area contributed by atoms with Crippen molar-refractivity contribution in [1.82, 2.24) is 15.1 Å². The van der Waals surface area contributed by atoms with Crippen molar-refractivity contribution < 1.29 is 13.9 Å². The summed E-state index contributed by atoms with van der Waals surface area (Å²) in [6.07, 6.45) is 1.78. The van der Waals surface area contributed by atoms with Gasteiger partial charge in [0, 0.05) is 11.2 Å². The fourth-order valence-electron chi connectivity index (χ4n) is 2.27. The van der Waals surface area contributed by atoms with Crippen LogP contribution in [0, 0.1) is 5.82 Å². The number of carbonyl (C=O) groups excluding carboxylic acids is 1. The quantitative estimate of drug-likeness (QED) is 0.757. The number of carbonyl (C=O) groups is 1. The highest BCUT2D eigenvalue weighted by Crippen LogP contribution is 2.16. The third-order valence-corrected chi connectivity index (χ3v) is 3.82. The van der Waals surface area contributed by atoms with Crippen molar-refractivity contribution in [3.05, 3.63) is 76.8 Å². The molecule has 1 aromatic heterocycles. The highest BCUT2D eigenvalue weighted by molar-refractivity contribution is 6.31. The van der Waals surface area contributed by atoms with Crippen molar-refractivity contribution in [2.75, 3.05) is 7.11 Å². The SMILES string of the molecule is COc1ccc(-n2ccc(CNC(=O)c3cc(Cl)ccc3F)n2)cc1. The fourth-order valence-corrected chi connectivity index (χ4v) is 2.44. The van der Waals surface area contributed by atoms with Gasteiger partial charge in [0.15, 0.2) is 0 Å². The molecule has 25 heavy (non-hydrogen) atoms. The first-order valence-electron chi connectivity index (χ1n) is 7.49. The lowest BCUT2D eigenvalue weighted by Gasteiger charge is -2.05. The van der Waals surface area contributed by atoms with Crippen molar-refractivity contribution >= 4 is 17.5 Å². The van der Waals surface area contributed by atoms with Crippen molar-refractivity contribution in [2.24, 2.45) is 0 Å². The minimum atomic E-state index is -0.620. The number of halogens is 2. The Kier molecular flexibility index (Phi) is 5.00. The number of hydrogen-bond donors (Lipinski definition) is 1. The first-order chi connectivity index (χ1) is 12.1. The minimum absolute atomic E-state index is 0.0953. The molecule has 0 saturated heterocycles. The van der Waals surface area contributed by atoms with E-state index in [2.05, 4.69) is 10.4 Å². The zero-order valence-corrected chi connectivity index (χ0v) is 14.1. The van der Waals surface area contributed by atoms with E-state index in [0.29, 0.717) is 10.7 Å². The maximum atomic E-state index is 13.7. The molecule has 7 heteroatoms. The molecule has 0 aliphatic rings. The monoisotopic (exact) mass is 359 g/mol. The Morgan fingerprint density at radius 1 is 1.24 bits per heavy atom. The molecule has 2 aromatic carbocycles. The Labute approximate surface area is 149 Å². The number of hydrogen-bond acceptors (Lipinski definition) is 3. The van der Waals surface area contributed by atoms with Crippen molar-refractivity contribution in [2.45, 2.75) is 6.54 Å². The van der Waals surface area contributed by atoms with Crippen LogP contribution in [0.1, 0.15) is 16.1 Å². The Morgan fingerprint density at radius 3 is 2.72 bits per heavy atom. The third kappa shape index (κ3) is 3.97. The van der Waals surface area contributed by atoms with E-state index in [9.17, 15) is 9.18 Å². The van der Waals surface area contributed by atoms with Crippen LogP contribution in [-0.4, -0.2) is 22.8 Å². The summed E-state index contributed by atoms with van der Waals surface area (Å²) < 4.78 is 20.5. The van der Waals surface area contributed by atoms with Gasteiger partial charge in [-0.3, -0.25) is 4.79 Å². The predicted molar refractivity (Wildman–Crippen MR) is 92.7 cm³/mol. The van der Waals surface area contributed by atoms with Gasteiger partial charge in [0.05, 0.1) is 30.6 Å². The molecule has 0 atom stereocenters. The Balaban J connectivity index is 1.67. The topological polar surface area (TPSA) is 56.1 Å². The molecule has 0 bridgehead atoms. The summed E-state index contributed by atoms with van der Waals surface area (Å²) in [4.78, 5) is 12.1. The molecule has 1 heterocycles. The van der Waals surface area contributed by atoms with Gasteiger partial charge in [-0.2, -0.15) is 5.10 Å². The molecule has 0 radical (unpaired) electrons. The van der Waals surface area contributed by atoms with E-state index in [-0.39, 0.29) is 12.1 Å². The molecule has 0 aliphatic carbocycles. The molecule has 0 aliphatic heterocycles. The van der Waals surface area contributed by atoms with Crippen LogP contribution < -0.4 is 10.1 Å². The van der Waals surface area contributed by atoms with Crippen LogP contribution in [0.4, 0.5) is 4.39 Å². The van der Waals surface area contributed by atoms with Crippen LogP contribution in [-0.2, 0) is 6.54 Å². The predicted octanol–water partition coefficient (Wildman–Crippen LogP) is 3.60. The number of ether oxygens (including phenoxy) is 1. The smallest absolute Gasteiger partial charge is 0.254 e. The summed E-state index contributed by atoms with van der Waals surface area (Å²) in [7, 11) is 1.60. The van der Waals surface area contributed by atoms with Gasteiger partial charge in [-0.1, -0.05) is 11.6 Å². The number of aromatic nitrogens is 2. The van der Waals surface area contributed by atoms with E-state index in [1.165, 1.54) is 12.1 Å². The second-order valence-electron chi connectivity index (χ2n) is 5.26. The average molecular weight is 360 g/mol. The molecule has 3 rings (SSSR count). The van der Waals surface area contributed by atoms with Gasteiger partial charge in [0.1, 0.15) is 11.6 Å². The second kappa shape index (κ2) is 7.36. The van der Waals surface area contributed by atoms with E-state index in [0.717, 1.165) is 17.5 Å². The van der Waals surface area contributed by atoms with Crippen LogP contribution in [0.25, 0.3) is 5.69 Å². The molecular weight excluding hydrogens is 345 g/mol. The van der Waals surface area contributed by atoms with Gasteiger partial charge in [-0.05, 0) is 48.5 Å². The molecule has 128 valence electrons. The van der Waals surface area contributed by atoms with E-state index >= 15 is 0 Å². The highest BCUT2D eigenvalue weighted by atomic mass is 35.5. The summed E-state index contributed by atoms with van der Waals surface area (Å²) in [5.41, 5.74) is 1.41. The molecular formula is C18H15ClFN3O2. The summed E-state index contributed by atoms with van der Waals surface area (Å²) in [5.74, 6) is -0.406. The molecule has 1 amide bonds. The maximum Gasteiger partial charge on any atom is 0.254 e. The van der Waals surface area contributed by atoms with Gasteiger partial charge in [0.25, 0.3) is 5.91 Å². The molecule has 0 fully saturated rings. The van der Waals surface area contributed by atoms with Gasteiger partial charge < -0.3 is 10.1 Å². The molecule has 5 nitrogen and oxygen atoms in total. The molecule has 0 saturated carbocycles. The molecule has 0 spiro atoms. The average Bonchev–Trinajstić information content (AvgIpc) is 3.11. The van der Waals surface area contributed by atoms with Gasteiger partial charge >= 0.3 is 0 Å². The van der Waals surface area contributed by atoms with Crippen molar-refractivity contribution in [3.63, 3.8) is 0 Å². The van der Waals surface area contributed by atoms with Gasteiger partial charge in [-0.15, -0.1) is 0 Å². The lowest BCUT2D eigenvalue weighted by Crippen LogP contribution is -2.24. The maximum absolute atomic E-state index is 13.7. The molecule has 0 unspecified atom stereocenters. The number of nitrogens with zero attached hydrogens (tertiary/aromatic N) is 2. The van der Waals surface area contributed by atoms with Crippen LogP contribution in [0.15, 0.2) is 54.7 Å². The largest absolute Gasteiger partial charge is 0.497 e. The van der Waals surface area contributed by atoms with E-state index in [1.54, 1.807) is 24.1 Å². The van der Waals surface area contributed by atoms with E-state index < -0.39 is 11.7 Å². The van der Waals surface area contributed by atoms with Crippen LogP contribution in [0.2, 0.25) is 5.02 Å². The number of rotatable bonds is 5. The lowest BCUT2D eigenvalue weighted by atomic mass is 10.2. The number of methoxy groups -OCH3 is 1. The summed E-state index contributed by atoms with van der Waals surface area (Å²) in [6, 6.07) is 13.0. The Hall–Kier alpha value is -2.86. The Morgan fingerprint density at radius 2 is 2.00 bits per heavy atom. The number of benzene rings is 2. The number of amides is 1. The zero-order valence-electron chi connectivity index (χ0n) is 13.4. The number of nitrogens with one attached hydrogen (secondary N) is 1. The van der Waals surface area contributed by atoms with Crippen molar-refractivity contribution in [3.8, 4) is 11.4 Å². The summed E-state index contributed by atoms with van der Waals surface area (Å²) >= 11 is 5.80. The van der Waals surface area contributed by atoms with Crippen LogP contribution in [0.3, 0.4) is 0 Å². The first kappa shape index (κ1) is 17.0. The second-order valence-corrected chi connectivity index (χ2v) is 5.69. The van der Waals surface area contributed by atoms with E-state index in [1.807, 2.05) is 24.3 Å². The van der Waals surface area contributed by atoms with Crippen molar-refractivity contribution in [1.29, 1.82) is 0 Å². The summed E-state index contributed by atoms with van der Waals surface area (Å²) in [6.45, 7) is 0.175. The minimum Gasteiger partial charge on any atom is -0.497 e. The van der Waals surface area contributed by atoms with Crippen LogP contribution >= 0.6 is 11.6 Å². The normalized spacial score (nSPS) is 10.5. The van der Waals surface area contributed by atoms with E-state index in [4.69, 9.17) is 16.3 Å². The third-order valence-electron chi connectivity index (χ3n) is 3.58.